The van der Waals surface area contributed by atoms with Gasteiger partial charge in [-0.15, -0.1) is 0 Å². The van der Waals surface area contributed by atoms with Gasteiger partial charge in [-0.05, 0) is 44.0 Å². The Morgan fingerprint density at radius 1 is 1.27 bits per heavy atom. The van der Waals surface area contributed by atoms with Gasteiger partial charge < -0.3 is 15.7 Å². The third kappa shape index (κ3) is 3.56. The largest absolute Gasteiger partial charge is 0.507 e. The van der Waals surface area contributed by atoms with Gasteiger partial charge in [0.05, 0.1) is 11.4 Å². The van der Waals surface area contributed by atoms with Crippen LogP contribution in [0, 0.1) is 0 Å². The molecule has 1 aliphatic carbocycles. The Morgan fingerprint density at radius 2 is 2.04 bits per heavy atom. The summed E-state index contributed by atoms with van der Waals surface area (Å²) in [5, 5.41) is 20.3. The molecule has 0 spiro atoms. The van der Waals surface area contributed by atoms with Crippen molar-refractivity contribution in [3.8, 4) is 17.0 Å². The second-order valence-corrected chi connectivity index (χ2v) is 6.46. The Kier molecular flexibility index (Phi) is 5.25. The van der Waals surface area contributed by atoms with Crippen molar-refractivity contribution in [1.82, 2.24) is 15.1 Å². The molecular weight excluding hydrogens is 332 g/mol. The van der Waals surface area contributed by atoms with Crippen LogP contribution < -0.4 is 10.6 Å². The predicted molar refractivity (Wildman–Crippen MR) is 99.3 cm³/mol. The molecule has 3 N–H and O–H groups in total. The van der Waals surface area contributed by atoms with E-state index in [1.54, 1.807) is 19.1 Å². The number of aromatic hydroxyl groups is 1. The molecule has 26 heavy (non-hydrogen) atoms. The first-order valence-corrected chi connectivity index (χ1v) is 9.04. The highest BCUT2D eigenvalue weighted by Crippen LogP contribution is 2.39. The smallest absolute Gasteiger partial charge is 0.342 e. The van der Waals surface area contributed by atoms with Gasteiger partial charge in [0.15, 0.2) is 0 Å². The molecule has 1 saturated carbocycles. The van der Waals surface area contributed by atoms with Gasteiger partial charge in [-0.2, -0.15) is 9.78 Å². The minimum atomic E-state index is -0.268. The number of amides is 2. The highest BCUT2D eigenvalue weighted by atomic mass is 16.3. The summed E-state index contributed by atoms with van der Waals surface area (Å²) in [6.45, 7) is 4.15. The van der Waals surface area contributed by atoms with Crippen molar-refractivity contribution in [3.05, 3.63) is 30.0 Å². The number of phenols is 1. The van der Waals surface area contributed by atoms with Crippen molar-refractivity contribution >= 4 is 17.6 Å². The van der Waals surface area contributed by atoms with Gasteiger partial charge in [0.25, 0.3) is 0 Å². The maximum Gasteiger partial charge on any atom is 0.342 e. The molecule has 2 amide bonds. The van der Waals surface area contributed by atoms with Crippen molar-refractivity contribution in [1.29, 1.82) is 0 Å². The van der Waals surface area contributed by atoms with Gasteiger partial charge in [-0.1, -0.05) is 13.3 Å². The summed E-state index contributed by atoms with van der Waals surface area (Å²) in [6, 6.07) is 6.43. The molecule has 0 bridgehead atoms. The Bertz CT molecular complexity index is 824. The Balaban J connectivity index is 1.99. The predicted octanol–water partition coefficient (Wildman–Crippen LogP) is 3.45. The molecule has 2 aromatic rings. The van der Waals surface area contributed by atoms with E-state index in [0.717, 1.165) is 25.0 Å². The van der Waals surface area contributed by atoms with Gasteiger partial charge in [-0.25, -0.2) is 4.79 Å². The molecule has 1 aromatic heterocycles. The number of hydrogen-bond acceptors (Lipinski definition) is 4. The number of benzene rings is 1. The van der Waals surface area contributed by atoms with Crippen molar-refractivity contribution in [2.45, 2.75) is 45.4 Å². The number of anilines is 1. The number of rotatable bonds is 5. The maximum atomic E-state index is 12.4. The molecule has 1 heterocycles. The number of carbonyl (C=O) groups is 2. The lowest BCUT2D eigenvalue weighted by Crippen LogP contribution is -2.31. The van der Waals surface area contributed by atoms with Crippen molar-refractivity contribution in [2.75, 3.05) is 11.9 Å². The molecular formula is C19H24N4O3. The van der Waals surface area contributed by atoms with Crippen LogP contribution in [0.4, 0.5) is 10.5 Å². The molecule has 0 saturated heterocycles. The fraction of sp³-hybridized carbons (Fsp3) is 0.421. The molecule has 0 radical (unpaired) electrons. The summed E-state index contributed by atoms with van der Waals surface area (Å²) < 4.78 is 1.40. The van der Waals surface area contributed by atoms with Crippen LogP contribution in [0.2, 0.25) is 0 Å². The molecule has 138 valence electrons. The van der Waals surface area contributed by atoms with Gasteiger partial charge in [0, 0.05) is 30.1 Å². The summed E-state index contributed by atoms with van der Waals surface area (Å²) in [5.41, 5.74) is 2.45. The number of carbonyl (C=O) groups excluding carboxylic acids is 2. The topological polar surface area (TPSA) is 96.3 Å². The molecule has 0 unspecified atom stereocenters. The summed E-state index contributed by atoms with van der Waals surface area (Å²) in [7, 11) is 0. The molecule has 1 aliphatic rings. The van der Waals surface area contributed by atoms with E-state index < -0.39 is 0 Å². The van der Waals surface area contributed by atoms with E-state index in [1.165, 1.54) is 10.7 Å². The van der Waals surface area contributed by atoms with Crippen LogP contribution >= 0.6 is 0 Å². The third-order valence-electron chi connectivity index (χ3n) is 4.66. The maximum absolute atomic E-state index is 12.4. The van der Waals surface area contributed by atoms with Crippen LogP contribution in [0.5, 0.6) is 5.75 Å². The van der Waals surface area contributed by atoms with Crippen molar-refractivity contribution in [3.63, 3.8) is 0 Å². The lowest BCUT2D eigenvalue weighted by Gasteiger charge is -2.25. The van der Waals surface area contributed by atoms with Gasteiger partial charge in [-0.3, -0.25) is 4.79 Å². The summed E-state index contributed by atoms with van der Waals surface area (Å²) in [6.07, 6.45) is 3.57. The van der Waals surface area contributed by atoms with Crippen LogP contribution in [-0.2, 0) is 4.79 Å². The van der Waals surface area contributed by atoms with E-state index in [1.807, 2.05) is 13.0 Å². The minimum Gasteiger partial charge on any atom is -0.507 e. The summed E-state index contributed by atoms with van der Waals surface area (Å²) in [5.74, 6) is 0.258. The summed E-state index contributed by atoms with van der Waals surface area (Å²) >= 11 is 0. The number of aromatic nitrogens is 2. The highest BCUT2D eigenvalue weighted by Gasteiger charge is 2.27. The second kappa shape index (κ2) is 7.59. The lowest BCUT2D eigenvalue weighted by molar-refractivity contribution is -0.115. The standard InChI is InChI=1S/C19H24N4O3/c1-3-18(25)21-13-8-9-17(24)14(10-13)15-11-16(12-6-5-7-12)23(22-15)19(26)20-4-2/h8-12,24H,3-7H2,1-2H3,(H,20,26)(H,21,25). The molecule has 0 aliphatic heterocycles. The van der Waals surface area contributed by atoms with Gasteiger partial charge in [0.2, 0.25) is 5.91 Å². The number of nitrogens with one attached hydrogen (secondary N) is 2. The molecule has 1 fully saturated rings. The number of phenolic OH excluding ortho intramolecular Hbond substituents is 1. The van der Waals surface area contributed by atoms with Crippen LogP contribution in [0.1, 0.15) is 51.1 Å². The second-order valence-electron chi connectivity index (χ2n) is 6.46. The first-order chi connectivity index (χ1) is 12.5. The fourth-order valence-corrected chi connectivity index (χ4v) is 2.98. The van der Waals surface area contributed by atoms with E-state index >= 15 is 0 Å². The van der Waals surface area contributed by atoms with E-state index in [9.17, 15) is 14.7 Å². The number of hydrogen-bond donors (Lipinski definition) is 3. The first kappa shape index (κ1) is 18.0. The Morgan fingerprint density at radius 3 is 2.65 bits per heavy atom. The minimum absolute atomic E-state index is 0.0557. The first-order valence-electron chi connectivity index (χ1n) is 9.04. The summed E-state index contributed by atoms with van der Waals surface area (Å²) in [4.78, 5) is 24.0. The molecule has 7 heteroatoms. The van der Waals surface area contributed by atoms with Crippen LogP contribution in [0.15, 0.2) is 24.3 Å². The Labute approximate surface area is 152 Å². The molecule has 7 nitrogen and oxygen atoms in total. The quantitative estimate of drug-likeness (QED) is 0.715. The molecule has 0 atom stereocenters. The zero-order valence-electron chi connectivity index (χ0n) is 15.1. The monoisotopic (exact) mass is 356 g/mol. The highest BCUT2D eigenvalue weighted by molar-refractivity contribution is 5.91. The fourth-order valence-electron chi connectivity index (χ4n) is 2.98. The van der Waals surface area contributed by atoms with E-state index in [-0.39, 0.29) is 17.7 Å². The van der Waals surface area contributed by atoms with Crippen LogP contribution in [0.25, 0.3) is 11.3 Å². The van der Waals surface area contributed by atoms with Gasteiger partial charge >= 0.3 is 6.03 Å². The van der Waals surface area contributed by atoms with Gasteiger partial charge in [0.1, 0.15) is 5.75 Å². The zero-order chi connectivity index (χ0) is 18.7. The van der Waals surface area contributed by atoms with E-state index in [2.05, 4.69) is 15.7 Å². The van der Waals surface area contributed by atoms with E-state index in [0.29, 0.717) is 35.8 Å². The van der Waals surface area contributed by atoms with Crippen LogP contribution in [-0.4, -0.2) is 33.4 Å². The Hall–Kier alpha value is -2.83. The van der Waals surface area contributed by atoms with E-state index in [4.69, 9.17) is 0 Å². The normalized spacial score (nSPS) is 13.9. The van der Waals surface area contributed by atoms with Crippen molar-refractivity contribution < 1.29 is 14.7 Å². The average Bonchev–Trinajstić information content (AvgIpc) is 2.99. The molecule has 1 aromatic carbocycles. The molecule has 3 rings (SSSR count). The lowest BCUT2D eigenvalue weighted by atomic mass is 9.82. The number of nitrogens with zero attached hydrogens (tertiary/aromatic N) is 2. The third-order valence-corrected chi connectivity index (χ3v) is 4.66. The average molecular weight is 356 g/mol. The SMILES string of the molecule is CCNC(=O)n1nc(-c2cc(NC(=O)CC)ccc2O)cc1C1CCC1. The zero-order valence-corrected chi connectivity index (χ0v) is 15.1. The van der Waals surface area contributed by atoms with Crippen LogP contribution in [0.3, 0.4) is 0 Å². The van der Waals surface area contributed by atoms with Crippen molar-refractivity contribution in [2.24, 2.45) is 0 Å².